The molecule has 8 heteroatoms. The highest BCUT2D eigenvalue weighted by Gasteiger charge is 2.34. The van der Waals surface area contributed by atoms with E-state index in [2.05, 4.69) is 15.6 Å². The third kappa shape index (κ3) is 7.46. The van der Waals surface area contributed by atoms with Crippen LogP contribution < -0.4 is 15.5 Å². The number of anilines is 2. The van der Waals surface area contributed by atoms with Gasteiger partial charge in [0, 0.05) is 30.3 Å². The Kier molecular flexibility index (Phi) is 8.53. The Morgan fingerprint density at radius 2 is 1.61 bits per heavy atom. The molecule has 0 saturated carbocycles. The number of pyridine rings is 1. The minimum Gasteiger partial charge on any atom is -0.349 e. The number of amides is 3. The molecule has 0 radical (unpaired) electrons. The lowest BCUT2D eigenvalue weighted by molar-refractivity contribution is -0.128. The molecule has 7 nitrogen and oxygen atoms in total. The summed E-state index contributed by atoms with van der Waals surface area (Å²) in [6, 6.07) is 16.8. The minimum absolute atomic E-state index is 0.116. The number of carbonyl (C=O) groups excluding carboxylic acids is 3. The van der Waals surface area contributed by atoms with Crippen molar-refractivity contribution in [1.82, 2.24) is 10.3 Å². The molecule has 0 aliphatic heterocycles. The molecule has 0 unspecified atom stereocenters. The molecule has 1 aromatic heterocycles. The number of aryl methyl sites for hydroxylation is 1. The first-order valence-electron chi connectivity index (χ1n) is 11.7. The maximum Gasteiger partial charge on any atom is 0.248 e. The monoisotopic (exact) mass is 490 g/mol. The molecule has 1 atom stereocenters. The number of benzene rings is 2. The zero-order valence-corrected chi connectivity index (χ0v) is 20.9. The highest BCUT2D eigenvalue weighted by atomic mass is 19.1. The second kappa shape index (κ2) is 11.6. The Bertz CT molecular complexity index is 1190. The van der Waals surface area contributed by atoms with E-state index in [1.807, 2.05) is 39.8 Å². The summed E-state index contributed by atoms with van der Waals surface area (Å²) in [5.74, 6) is -1.30. The van der Waals surface area contributed by atoms with E-state index in [9.17, 15) is 18.8 Å². The maximum absolute atomic E-state index is 13.7. The summed E-state index contributed by atoms with van der Waals surface area (Å²) in [4.78, 5) is 45.0. The van der Waals surface area contributed by atoms with Gasteiger partial charge in [-0.15, -0.1) is 0 Å². The van der Waals surface area contributed by atoms with Crippen LogP contribution >= 0.6 is 0 Å². The van der Waals surface area contributed by atoms with Gasteiger partial charge in [-0.1, -0.05) is 35.9 Å². The van der Waals surface area contributed by atoms with E-state index < -0.39 is 23.3 Å². The number of carbonyl (C=O) groups is 3. The number of rotatable bonds is 8. The topological polar surface area (TPSA) is 91.4 Å². The van der Waals surface area contributed by atoms with Crippen LogP contribution in [0.25, 0.3) is 0 Å². The summed E-state index contributed by atoms with van der Waals surface area (Å²) in [5.41, 5.74) is 1.39. The van der Waals surface area contributed by atoms with Crippen molar-refractivity contribution >= 4 is 29.2 Å². The summed E-state index contributed by atoms with van der Waals surface area (Å²) in [6.45, 7) is 7.48. The number of hydrogen-bond donors (Lipinski definition) is 2. The number of hydrogen-bond acceptors (Lipinski definition) is 4. The fourth-order valence-electron chi connectivity index (χ4n) is 3.63. The average molecular weight is 491 g/mol. The summed E-state index contributed by atoms with van der Waals surface area (Å²) in [5, 5.41) is 5.61. The van der Waals surface area contributed by atoms with Crippen LogP contribution in [0.1, 0.15) is 50.8 Å². The van der Waals surface area contributed by atoms with Gasteiger partial charge >= 0.3 is 0 Å². The van der Waals surface area contributed by atoms with Gasteiger partial charge in [-0.25, -0.2) is 9.37 Å². The minimum atomic E-state index is -1.03. The largest absolute Gasteiger partial charge is 0.349 e. The standard InChI is InChI=1S/C28H31FN4O3/c1-19-8-10-20(11-9-19)26(27(36)32-28(2,3)4)33(22-14-12-21(29)13-15-22)25(35)17-16-24(34)31-23-7-5-6-18-30-23/h5-15,18,26H,16-17H2,1-4H3,(H,32,36)(H,30,31,34)/t26-/m0/s1. The molecular formula is C28H31FN4O3. The van der Waals surface area contributed by atoms with E-state index in [0.717, 1.165) is 5.56 Å². The van der Waals surface area contributed by atoms with Gasteiger partial charge in [0.1, 0.15) is 17.7 Å². The van der Waals surface area contributed by atoms with E-state index in [1.165, 1.54) is 29.2 Å². The smallest absolute Gasteiger partial charge is 0.248 e. The quantitative estimate of drug-likeness (QED) is 0.468. The molecule has 3 rings (SSSR count). The average Bonchev–Trinajstić information content (AvgIpc) is 2.82. The number of nitrogens with zero attached hydrogens (tertiary/aromatic N) is 2. The molecule has 0 saturated heterocycles. The lowest BCUT2D eigenvalue weighted by Crippen LogP contribution is -2.49. The second-order valence-corrected chi connectivity index (χ2v) is 9.56. The number of aromatic nitrogens is 1. The molecule has 3 amide bonds. The van der Waals surface area contributed by atoms with Crippen LogP contribution in [0.4, 0.5) is 15.9 Å². The Labute approximate surface area is 210 Å². The first-order valence-corrected chi connectivity index (χ1v) is 11.7. The van der Waals surface area contributed by atoms with Crippen molar-refractivity contribution in [3.8, 4) is 0 Å². The van der Waals surface area contributed by atoms with Crippen molar-refractivity contribution in [3.63, 3.8) is 0 Å². The second-order valence-electron chi connectivity index (χ2n) is 9.56. The molecule has 36 heavy (non-hydrogen) atoms. The van der Waals surface area contributed by atoms with Gasteiger partial charge in [-0.2, -0.15) is 0 Å². The fraction of sp³-hybridized carbons (Fsp3) is 0.286. The molecule has 3 aromatic rings. The van der Waals surface area contributed by atoms with Gasteiger partial charge in [0.2, 0.25) is 17.7 Å². The molecular weight excluding hydrogens is 459 g/mol. The van der Waals surface area contributed by atoms with Crippen molar-refractivity contribution in [2.45, 2.75) is 52.1 Å². The summed E-state index contributed by atoms with van der Waals surface area (Å²) >= 11 is 0. The van der Waals surface area contributed by atoms with E-state index >= 15 is 0 Å². The molecule has 0 aliphatic rings. The maximum atomic E-state index is 13.7. The van der Waals surface area contributed by atoms with Crippen molar-refractivity contribution < 1.29 is 18.8 Å². The Balaban J connectivity index is 1.94. The highest BCUT2D eigenvalue weighted by molar-refractivity contribution is 6.03. The first-order chi connectivity index (χ1) is 17.0. The molecule has 2 N–H and O–H groups in total. The van der Waals surface area contributed by atoms with Gasteiger partial charge in [-0.3, -0.25) is 19.3 Å². The van der Waals surface area contributed by atoms with Crippen LogP contribution in [-0.4, -0.2) is 28.2 Å². The molecule has 0 aliphatic carbocycles. The first kappa shape index (κ1) is 26.5. The van der Waals surface area contributed by atoms with Crippen LogP contribution in [0.3, 0.4) is 0 Å². The zero-order valence-electron chi connectivity index (χ0n) is 20.9. The summed E-state index contributed by atoms with van der Waals surface area (Å²) in [6.07, 6.45) is 1.27. The number of halogens is 1. The Morgan fingerprint density at radius 1 is 0.944 bits per heavy atom. The predicted molar refractivity (Wildman–Crippen MR) is 138 cm³/mol. The SMILES string of the molecule is Cc1ccc([C@@H](C(=O)NC(C)(C)C)N(C(=O)CCC(=O)Nc2ccccn2)c2ccc(F)cc2)cc1. The highest BCUT2D eigenvalue weighted by Crippen LogP contribution is 2.30. The normalized spacial score (nSPS) is 11.9. The molecule has 0 fully saturated rings. The van der Waals surface area contributed by atoms with Gasteiger partial charge in [0.05, 0.1) is 0 Å². The van der Waals surface area contributed by atoms with E-state index in [0.29, 0.717) is 17.1 Å². The van der Waals surface area contributed by atoms with E-state index in [4.69, 9.17) is 0 Å². The zero-order chi connectivity index (χ0) is 26.3. The van der Waals surface area contributed by atoms with Crippen LogP contribution in [-0.2, 0) is 14.4 Å². The van der Waals surface area contributed by atoms with Gasteiger partial charge in [-0.05, 0) is 69.7 Å². The van der Waals surface area contributed by atoms with E-state index in [-0.39, 0.29) is 24.7 Å². The van der Waals surface area contributed by atoms with Gasteiger partial charge in [0.25, 0.3) is 0 Å². The lowest BCUT2D eigenvalue weighted by atomic mass is 9.99. The van der Waals surface area contributed by atoms with Gasteiger partial charge < -0.3 is 10.6 Å². The van der Waals surface area contributed by atoms with Gasteiger partial charge in [0.15, 0.2) is 0 Å². The molecule has 0 spiro atoms. The third-order valence-corrected chi connectivity index (χ3v) is 5.27. The molecule has 2 aromatic carbocycles. The van der Waals surface area contributed by atoms with Crippen molar-refractivity contribution in [1.29, 1.82) is 0 Å². The van der Waals surface area contributed by atoms with Crippen LogP contribution in [0.15, 0.2) is 72.9 Å². The third-order valence-electron chi connectivity index (χ3n) is 5.27. The van der Waals surface area contributed by atoms with Crippen LogP contribution in [0.5, 0.6) is 0 Å². The van der Waals surface area contributed by atoms with Crippen molar-refractivity contribution in [2.75, 3.05) is 10.2 Å². The molecule has 1 heterocycles. The lowest BCUT2D eigenvalue weighted by Gasteiger charge is -2.34. The summed E-state index contributed by atoms with van der Waals surface area (Å²) < 4.78 is 13.7. The Morgan fingerprint density at radius 3 is 2.19 bits per heavy atom. The molecule has 0 bridgehead atoms. The van der Waals surface area contributed by atoms with Crippen LogP contribution in [0.2, 0.25) is 0 Å². The van der Waals surface area contributed by atoms with Crippen molar-refractivity contribution in [3.05, 3.63) is 89.9 Å². The Hall–Kier alpha value is -4.07. The number of nitrogens with one attached hydrogen (secondary N) is 2. The van der Waals surface area contributed by atoms with E-state index in [1.54, 1.807) is 36.5 Å². The summed E-state index contributed by atoms with van der Waals surface area (Å²) in [7, 11) is 0. The molecule has 188 valence electrons. The van der Waals surface area contributed by atoms with Crippen LogP contribution in [0, 0.1) is 12.7 Å². The fourth-order valence-corrected chi connectivity index (χ4v) is 3.63. The van der Waals surface area contributed by atoms with Crippen molar-refractivity contribution in [2.24, 2.45) is 0 Å². The predicted octanol–water partition coefficient (Wildman–Crippen LogP) is 4.94.